The molecule has 0 spiro atoms. The van der Waals surface area contributed by atoms with Gasteiger partial charge in [-0.3, -0.25) is 9.36 Å². The predicted octanol–water partition coefficient (Wildman–Crippen LogP) is 4.36. The highest BCUT2D eigenvalue weighted by Gasteiger charge is 2.27. The van der Waals surface area contributed by atoms with Gasteiger partial charge in [-0.1, -0.05) is 11.6 Å². The van der Waals surface area contributed by atoms with Gasteiger partial charge in [-0.05, 0) is 32.0 Å². The quantitative estimate of drug-likeness (QED) is 0.414. The number of aryl methyl sites for hydroxylation is 1. The van der Waals surface area contributed by atoms with E-state index in [2.05, 4.69) is 10.1 Å². The summed E-state index contributed by atoms with van der Waals surface area (Å²) < 4.78 is 37.2. The zero-order chi connectivity index (χ0) is 24.9. The molecule has 0 amide bonds. The largest absolute Gasteiger partial charge is 0.370 e. The third-order valence-corrected chi connectivity index (χ3v) is 6.44. The van der Waals surface area contributed by atoms with Crippen LogP contribution >= 0.6 is 11.6 Å². The van der Waals surface area contributed by atoms with Crippen molar-refractivity contribution >= 4 is 28.3 Å². The molecule has 11 heteroatoms. The molecule has 0 radical (unpaired) electrons. The first kappa shape index (κ1) is 23.4. The number of aromatic nitrogens is 5. The Morgan fingerprint density at radius 3 is 2.77 bits per heavy atom. The minimum Gasteiger partial charge on any atom is -0.370 e. The summed E-state index contributed by atoms with van der Waals surface area (Å²) in [7, 11) is 1.62. The molecule has 1 aliphatic rings. The highest BCUT2D eigenvalue weighted by atomic mass is 35.5. The monoisotopic (exact) mass is 500 g/mol. The van der Waals surface area contributed by atoms with Crippen molar-refractivity contribution in [3.8, 4) is 11.3 Å². The highest BCUT2D eigenvalue weighted by molar-refractivity contribution is 6.30. The highest BCUT2D eigenvalue weighted by Crippen LogP contribution is 2.33. The van der Waals surface area contributed by atoms with Gasteiger partial charge in [-0.2, -0.15) is 5.10 Å². The Morgan fingerprint density at radius 2 is 2.06 bits per heavy atom. The van der Waals surface area contributed by atoms with Crippen LogP contribution in [0.3, 0.4) is 0 Å². The van der Waals surface area contributed by atoms with E-state index in [-0.39, 0.29) is 33.3 Å². The average molecular weight is 501 g/mol. The van der Waals surface area contributed by atoms with Crippen molar-refractivity contribution in [3.05, 3.63) is 69.2 Å². The van der Waals surface area contributed by atoms with Crippen LogP contribution in [0.25, 0.3) is 22.2 Å². The van der Waals surface area contributed by atoms with Crippen LogP contribution in [0.1, 0.15) is 30.7 Å². The number of fused-ring (bicyclic) bond motifs is 1. The van der Waals surface area contributed by atoms with Crippen molar-refractivity contribution in [1.82, 2.24) is 24.3 Å². The summed E-state index contributed by atoms with van der Waals surface area (Å²) in [6, 6.07) is 5.99. The fraction of sp³-hybridized carbons (Fsp3) is 0.333. The number of benzene rings is 1. The molecule has 0 bridgehead atoms. The summed E-state index contributed by atoms with van der Waals surface area (Å²) in [5, 5.41) is 4.53. The molecule has 4 heterocycles. The Morgan fingerprint density at radius 1 is 1.26 bits per heavy atom. The van der Waals surface area contributed by atoms with Gasteiger partial charge in [0.05, 0.1) is 29.4 Å². The van der Waals surface area contributed by atoms with Gasteiger partial charge >= 0.3 is 0 Å². The van der Waals surface area contributed by atoms with Gasteiger partial charge in [0, 0.05) is 48.5 Å². The minimum absolute atomic E-state index is 0.159. The van der Waals surface area contributed by atoms with Crippen molar-refractivity contribution in [2.45, 2.75) is 26.2 Å². The molecule has 1 fully saturated rings. The first-order valence-electron chi connectivity index (χ1n) is 11.1. The first-order valence-corrected chi connectivity index (χ1v) is 11.5. The van der Waals surface area contributed by atoms with Crippen molar-refractivity contribution in [2.75, 3.05) is 24.6 Å². The predicted molar refractivity (Wildman–Crippen MR) is 129 cm³/mol. The van der Waals surface area contributed by atoms with Gasteiger partial charge < -0.3 is 9.64 Å². The fourth-order valence-corrected chi connectivity index (χ4v) is 4.35. The lowest BCUT2D eigenvalue weighted by atomic mass is 10.1. The van der Waals surface area contributed by atoms with Crippen molar-refractivity contribution in [3.63, 3.8) is 0 Å². The summed E-state index contributed by atoms with van der Waals surface area (Å²) in [6.07, 6.45) is 1.60. The maximum Gasteiger partial charge on any atom is 0.263 e. The van der Waals surface area contributed by atoms with Crippen LogP contribution in [0.5, 0.6) is 0 Å². The number of anilines is 1. The lowest BCUT2D eigenvalue weighted by Crippen LogP contribution is -2.39. The van der Waals surface area contributed by atoms with Gasteiger partial charge in [0.25, 0.3) is 5.56 Å². The van der Waals surface area contributed by atoms with Gasteiger partial charge in [0.1, 0.15) is 23.6 Å². The van der Waals surface area contributed by atoms with Crippen LogP contribution in [-0.2, 0) is 11.8 Å². The molecule has 0 aliphatic carbocycles. The topological polar surface area (TPSA) is 78.1 Å². The number of morpholine rings is 1. The Bertz CT molecular complexity index is 1490. The number of pyridine rings is 1. The lowest BCUT2D eigenvalue weighted by molar-refractivity contribution is 0.0394. The lowest BCUT2D eigenvalue weighted by Gasteiger charge is -2.33. The van der Waals surface area contributed by atoms with Crippen LogP contribution in [0, 0.1) is 12.7 Å². The van der Waals surface area contributed by atoms with Crippen molar-refractivity contribution < 1.29 is 13.5 Å². The molecule has 0 saturated carbocycles. The third kappa shape index (κ3) is 4.28. The van der Waals surface area contributed by atoms with Crippen LogP contribution in [0.2, 0.25) is 5.02 Å². The van der Waals surface area contributed by atoms with Crippen molar-refractivity contribution in [1.29, 1.82) is 0 Å². The van der Waals surface area contributed by atoms with Crippen LogP contribution in [0.15, 0.2) is 41.5 Å². The zero-order valence-corrected chi connectivity index (χ0v) is 20.1. The van der Waals surface area contributed by atoms with E-state index in [1.807, 2.05) is 4.90 Å². The minimum atomic E-state index is -1.25. The zero-order valence-electron chi connectivity index (χ0n) is 19.4. The normalized spacial score (nSPS) is 17.2. The Balaban J connectivity index is 1.62. The van der Waals surface area contributed by atoms with Gasteiger partial charge in [-0.15, -0.1) is 0 Å². The summed E-state index contributed by atoms with van der Waals surface area (Å²) in [5.74, 6) is 0.468. The summed E-state index contributed by atoms with van der Waals surface area (Å²) in [6.45, 7) is 4.47. The van der Waals surface area contributed by atoms with Crippen LogP contribution in [0.4, 0.5) is 14.6 Å². The molecule has 1 aromatic carbocycles. The number of hydrogen-bond donors (Lipinski definition) is 0. The number of hydrogen-bond acceptors (Lipinski definition) is 6. The number of nitrogens with zero attached hydrogens (tertiary/aromatic N) is 6. The van der Waals surface area contributed by atoms with E-state index in [1.54, 1.807) is 38.5 Å². The second kappa shape index (κ2) is 9.01. The molecule has 5 rings (SSSR count). The molecule has 1 saturated heterocycles. The summed E-state index contributed by atoms with van der Waals surface area (Å²) >= 11 is 5.96. The Kier molecular flexibility index (Phi) is 6.02. The second-order valence-electron chi connectivity index (χ2n) is 8.50. The number of rotatable bonds is 4. The number of alkyl halides is 1. The van der Waals surface area contributed by atoms with Crippen molar-refractivity contribution in [2.24, 2.45) is 7.05 Å². The molecule has 182 valence electrons. The van der Waals surface area contributed by atoms with Crippen LogP contribution < -0.4 is 10.5 Å². The SMILES string of the molecule is Cc1nc2cc(N3CCO[C@@H](c4cnn([C@@H](C)F)c4)C3)nc(-c3ccc(Cl)cc3F)c2c(=O)n1C. The van der Waals surface area contributed by atoms with E-state index >= 15 is 0 Å². The van der Waals surface area contributed by atoms with E-state index in [0.717, 1.165) is 5.56 Å². The molecule has 1 aliphatic heterocycles. The molecule has 0 unspecified atom stereocenters. The van der Waals surface area contributed by atoms with E-state index in [4.69, 9.17) is 21.3 Å². The maximum atomic E-state index is 15.0. The van der Waals surface area contributed by atoms with E-state index in [0.29, 0.717) is 36.9 Å². The number of halogens is 3. The van der Waals surface area contributed by atoms with Crippen LogP contribution in [-0.4, -0.2) is 44.0 Å². The summed E-state index contributed by atoms with van der Waals surface area (Å²) in [4.78, 5) is 24.5. The first-order chi connectivity index (χ1) is 16.7. The molecule has 8 nitrogen and oxygen atoms in total. The van der Waals surface area contributed by atoms with Gasteiger partial charge in [0.15, 0.2) is 6.30 Å². The molecule has 35 heavy (non-hydrogen) atoms. The smallest absolute Gasteiger partial charge is 0.263 e. The fourth-order valence-electron chi connectivity index (χ4n) is 4.19. The Hall–Kier alpha value is -3.37. The molecule has 2 atom stereocenters. The molecular formula is C24H23ClF2N6O2. The van der Waals surface area contributed by atoms with Gasteiger partial charge in [0.2, 0.25) is 0 Å². The molecule has 4 aromatic rings. The maximum absolute atomic E-state index is 15.0. The molecule has 0 N–H and O–H groups in total. The second-order valence-corrected chi connectivity index (χ2v) is 8.94. The van der Waals surface area contributed by atoms with E-state index in [1.165, 1.54) is 28.3 Å². The van der Waals surface area contributed by atoms with E-state index < -0.39 is 12.1 Å². The average Bonchev–Trinajstić information content (AvgIpc) is 3.33. The summed E-state index contributed by atoms with van der Waals surface area (Å²) in [5.41, 5.74) is 1.20. The molecule has 3 aromatic heterocycles. The molecular weight excluding hydrogens is 478 g/mol. The standard InChI is InChI=1S/C24H23ClF2N6O2/c1-13(26)33-11-15(10-28-33)20-12-32(6-7-35-20)21-9-19-22(24(34)31(3)14(2)29-19)23(30-21)17-5-4-16(25)8-18(17)27/h4-5,8-11,13,20H,6-7,12H2,1-3H3/t13-,20+/m0/s1. The van der Waals surface area contributed by atoms with Gasteiger partial charge in [-0.25, -0.2) is 23.4 Å². The third-order valence-electron chi connectivity index (χ3n) is 6.21. The number of ether oxygens (including phenoxy) is 1. The van der Waals surface area contributed by atoms with E-state index in [9.17, 15) is 13.6 Å². The Labute approximate surface area is 204 Å².